The molecule has 21 heavy (non-hydrogen) atoms. The summed E-state index contributed by atoms with van der Waals surface area (Å²) in [5.74, 6) is -7.70. The van der Waals surface area contributed by atoms with Crippen LogP contribution in [-0.4, -0.2) is 5.78 Å². The highest BCUT2D eigenvalue weighted by Crippen LogP contribution is 2.23. The normalized spacial score (nSPS) is 10.8. The average molecular weight is 365 g/mol. The summed E-state index contributed by atoms with van der Waals surface area (Å²) in [6.07, 6.45) is -0.748. The molecule has 110 valence electrons. The average Bonchev–Trinajstić information content (AvgIpc) is 2.44. The molecule has 0 aliphatic carbocycles. The lowest BCUT2D eigenvalue weighted by atomic mass is 10.0. The monoisotopic (exact) mass is 364 g/mol. The summed E-state index contributed by atoms with van der Waals surface area (Å²) in [6.45, 7) is 0. The molecule has 0 N–H and O–H groups in total. The highest BCUT2D eigenvalue weighted by atomic mass is 79.9. The van der Waals surface area contributed by atoms with E-state index in [1.54, 1.807) is 0 Å². The molecule has 0 unspecified atom stereocenters. The third-order valence-electron chi connectivity index (χ3n) is 2.78. The van der Waals surface area contributed by atoms with E-state index >= 15 is 0 Å². The van der Waals surface area contributed by atoms with E-state index in [1.807, 2.05) is 0 Å². The Morgan fingerprint density at radius 3 is 2.05 bits per heavy atom. The molecule has 0 saturated carbocycles. The lowest BCUT2D eigenvalue weighted by Gasteiger charge is -2.07. The van der Waals surface area contributed by atoms with Crippen molar-refractivity contribution in [2.24, 2.45) is 0 Å². The Kier molecular flexibility index (Phi) is 4.41. The standard InChI is InChI=1S/C14H6BrF5O/c15-8-1-2-9(16)7(13(8)19)5-12(21)6-3-10(17)14(20)11(18)4-6/h1-4H,5H2. The quantitative estimate of drug-likeness (QED) is 0.337. The van der Waals surface area contributed by atoms with E-state index < -0.39 is 52.4 Å². The molecule has 0 bridgehead atoms. The van der Waals surface area contributed by atoms with Crippen LogP contribution in [0.1, 0.15) is 15.9 Å². The summed E-state index contributed by atoms with van der Waals surface area (Å²) in [5, 5.41) is 0. The van der Waals surface area contributed by atoms with E-state index in [-0.39, 0.29) is 4.47 Å². The largest absolute Gasteiger partial charge is 0.294 e. The van der Waals surface area contributed by atoms with E-state index in [0.717, 1.165) is 12.1 Å². The van der Waals surface area contributed by atoms with E-state index in [1.165, 1.54) is 0 Å². The lowest BCUT2D eigenvalue weighted by molar-refractivity contribution is 0.0989. The molecule has 0 saturated heterocycles. The Labute approximate surface area is 124 Å². The summed E-state index contributed by atoms with van der Waals surface area (Å²) < 4.78 is 66.0. The molecule has 1 nitrogen and oxygen atoms in total. The van der Waals surface area contributed by atoms with Gasteiger partial charge in [0.25, 0.3) is 0 Å². The topological polar surface area (TPSA) is 17.1 Å². The second-order valence-electron chi connectivity index (χ2n) is 4.18. The molecule has 2 aromatic rings. The second-order valence-corrected chi connectivity index (χ2v) is 5.03. The highest BCUT2D eigenvalue weighted by Gasteiger charge is 2.19. The summed E-state index contributed by atoms with van der Waals surface area (Å²) in [7, 11) is 0. The number of hydrogen-bond acceptors (Lipinski definition) is 1. The van der Waals surface area contributed by atoms with Gasteiger partial charge in [0.1, 0.15) is 11.6 Å². The van der Waals surface area contributed by atoms with E-state index in [9.17, 15) is 26.7 Å². The van der Waals surface area contributed by atoms with Crippen LogP contribution in [0.3, 0.4) is 0 Å². The molecule has 0 spiro atoms. The minimum Gasteiger partial charge on any atom is -0.294 e. The van der Waals surface area contributed by atoms with Crippen LogP contribution in [0, 0.1) is 29.1 Å². The number of benzene rings is 2. The Bertz CT molecular complexity index is 707. The molecule has 0 fully saturated rings. The molecular formula is C14H6BrF5O. The fourth-order valence-corrected chi connectivity index (χ4v) is 2.08. The maximum absolute atomic E-state index is 13.7. The number of ketones is 1. The summed E-state index contributed by atoms with van der Waals surface area (Å²) in [5.41, 5.74) is -1.05. The van der Waals surface area contributed by atoms with Crippen LogP contribution in [0.4, 0.5) is 22.0 Å². The first-order chi connectivity index (χ1) is 9.81. The highest BCUT2D eigenvalue weighted by molar-refractivity contribution is 9.10. The van der Waals surface area contributed by atoms with Crippen molar-refractivity contribution in [1.82, 2.24) is 0 Å². The molecule has 0 heterocycles. The van der Waals surface area contributed by atoms with Crippen LogP contribution in [0.5, 0.6) is 0 Å². The molecule has 0 aliphatic heterocycles. The number of rotatable bonds is 3. The number of hydrogen-bond donors (Lipinski definition) is 0. The third-order valence-corrected chi connectivity index (χ3v) is 3.39. The van der Waals surface area contributed by atoms with Crippen LogP contribution in [0.15, 0.2) is 28.7 Å². The molecule has 0 aromatic heterocycles. The lowest BCUT2D eigenvalue weighted by Crippen LogP contribution is -2.09. The van der Waals surface area contributed by atoms with Crippen LogP contribution in [0.25, 0.3) is 0 Å². The predicted molar refractivity (Wildman–Crippen MR) is 68.4 cm³/mol. The number of carbonyl (C=O) groups excluding carboxylic acids is 1. The zero-order valence-electron chi connectivity index (χ0n) is 10.2. The van der Waals surface area contributed by atoms with E-state index in [0.29, 0.717) is 12.1 Å². The first-order valence-corrected chi connectivity index (χ1v) is 6.40. The first-order valence-electron chi connectivity index (χ1n) is 5.61. The van der Waals surface area contributed by atoms with Crippen molar-refractivity contribution in [2.45, 2.75) is 6.42 Å². The minimum absolute atomic E-state index is 0.0526. The Morgan fingerprint density at radius 2 is 1.48 bits per heavy atom. The van der Waals surface area contributed by atoms with Crippen molar-refractivity contribution in [2.75, 3.05) is 0 Å². The molecule has 0 amide bonds. The van der Waals surface area contributed by atoms with Gasteiger partial charge in [-0.2, -0.15) is 0 Å². The van der Waals surface area contributed by atoms with Crippen LogP contribution < -0.4 is 0 Å². The van der Waals surface area contributed by atoms with Gasteiger partial charge in [-0.3, -0.25) is 4.79 Å². The molecule has 0 aliphatic rings. The summed E-state index contributed by atoms with van der Waals surface area (Å²) in [4.78, 5) is 11.8. The Morgan fingerprint density at radius 1 is 0.905 bits per heavy atom. The summed E-state index contributed by atoms with van der Waals surface area (Å²) in [6, 6.07) is 3.03. The van der Waals surface area contributed by atoms with Crippen molar-refractivity contribution >= 4 is 21.7 Å². The van der Waals surface area contributed by atoms with Gasteiger partial charge < -0.3 is 0 Å². The molecular weight excluding hydrogens is 359 g/mol. The fraction of sp³-hybridized carbons (Fsp3) is 0.0714. The van der Waals surface area contributed by atoms with Gasteiger partial charge >= 0.3 is 0 Å². The first kappa shape index (κ1) is 15.6. The third kappa shape index (κ3) is 3.12. The molecule has 0 atom stereocenters. The van der Waals surface area contributed by atoms with Gasteiger partial charge in [-0.1, -0.05) is 0 Å². The van der Waals surface area contributed by atoms with Crippen LogP contribution in [-0.2, 0) is 6.42 Å². The van der Waals surface area contributed by atoms with Gasteiger partial charge in [0, 0.05) is 17.5 Å². The van der Waals surface area contributed by atoms with Crippen molar-refractivity contribution < 1.29 is 26.7 Å². The van der Waals surface area contributed by atoms with E-state index in [2.05, 4.69) is 15.9 Å². The molecule has 2 aromatic carbocycles. The molecule has 2 rings (SSSR count). The van der Waals surface area contributed by atoms with Crippen molar-refractivity contribution in [3.63, 3.8) is 0 Å². The number of carbonyl (C=O) groups is 1. The zero-order chi connectivity index (χ0) is 15.7. The second kappa shape index (κ2) is 5.93. The van der Waals surface area contributed by atoms with Crippen LogP contribution in [0.2, 0.25) is 0 Å². The van der Waals surface area contributed by atoms with E-state index in [4.69, 9.17) is 0 Å². The zero-order valence-corrected chi connectivity index (χ0v) is 11.8. The Hall–Kier alpha value is -1.76. The van der Waals surface area contributed by atoms with Gasteiger partial charge in [0.2, 0.25) is 0 Å². The minimum atomic E-state index is -1.72. The van der Waals surface area contributed by atoms with Crippen molar-refractivity contribution in [1.29, 1.82) is 0 Å². The predicted octanol–water partition coefficient (Wildman–Crippen LogP) is 4.57. The smallest absolute Gasteiger partial charge is 0.194 e. The van der Waals surface area contributed by atoms with Gasteiger partial charge in [-0.25, -0.2) is 22.0 Å². The fourth-order valence-electron chi connectivity index (χ4n) is 1.71. The summed E-state index contributed by atoms with van der Waals surface area (Å²) >= 11 is 2.84. The van der Waals surface area contributed by atoms with Crippen LogP contribution >= 0.6 is 15.9 Å². The van der Waals surface area contributed by atoms with Gasteiger partial charge in [0.15, 0.2) is 23.2 Å². The molecule has 7 heteroatoms. The van der Waals surface area contributed by atoms with Gasteiger partial charge in [-0.15, -0.1) is 0 Å². The molecule has 0 radical (unpaired) electrons. The SMILES string of the molecule is O=C(Cc1c(F)ccc(Br)c1F)c1cc(F)c(F)c(F)c1. The van der Waals surface area contributed by atoms with Gasteiger partial charge in [0.05, 0.1) is 4.47 Å². The van der Waals surface area contributed by atoms with Gasteiger partial charge in [-0.05, 0) is 40.2 Å². The maximum atomic E-state index is 13.7. The number of halogens is 6. The maximum Gasteiger partial charge on any atom is 0.194 e. The number of Topliss-reactive ketones (excluding diaryl/α,β-unsaturated/α-hetero) is 1. The Balaban J connectivity index is 2.37. The van der Waals surface area contributed by atoms with Crippen molar-refractivity contribution in [3.8, 4) is 0 Å². The van der Waals surface area contributed by atoms with Crippen molar-refractivity contribution in [3.05, 3.63) is 69.0 Å².